The van der Waals surface area contributed by atoms with Crippen molar-refractivity contribution in [2.75, 3.05) is 5.43 Å². The first kappa shape index (κ1) is 9.91. The van der Waals surface area contributed by atoms with E-state index in [2.05, 4.69) is 20.6 Å². The van der Waals surface area contributed by atoms with Crippen molar-refractivity contribution in [2.45, 2.75) is 0 Å². The van der Waals surface area contributed by atoms with E-state index in [1.807, 2.05) is 0 Å². The van der Waals surface area contributed by atoms with Gasteiger partial charge in [0, 0.05) is 51.4 Å². The Bertz CT molecular complexity index is 196. The van der Waals surface area contributed by atoms with Crippen molar-refractivity contribution in [3.05, 3.63) is 10.1 Å². The fraction of sp³-hybridized carbons (Fsp3) is 0. The normalized spacial score (nSPS) is 8.00. The van der Waals surface area contributed by atoms with Crippen LogP contribution in [0.3, 0.4) is 0 Å². The SMILES string of the molecule is O=[N+]([O-])Nc1nn[nH]n1.[K]. The van der Waals surface area contributed by atoms with Crippen LogP contribution in [-0.4, -0.2) is 77.0 Å². The van der Waals surface area contributed by atoms with Gasteiger partial charge in [-0.1, -0.05) is 10.5 Å². The third kappa shape index (κ3) is 3.17. The Kier molecular flexibility index (Phi) is 4.64. The largest absolute Gasteiger partial charge is 0.323 e. The number of rotatable bonds is 2. The second kappa shape index (κ2) is 4.68. The van der Waals surface area contributed by atoms with Gasteiger partial charge in [0.05, 0.1) is 0 Å². The number of anilines is 1. The number of H-pyrrole nitrogens is 1. The summed E-state index contributed by atoms with van der Waals surface area (Å²) in [7, 11) is 0. The second-order valence-corrected chi connectivity index (χ2v) is 1.10. The fourth-order valence-electron chi connectivity index (χ4n) is 0.291. The van der Waals surface area contributed by atoms with Crippen molar-refractivity contribution in [3.8, 4) is 0 Å². The molecule has 1 heterocycles. The number of tetrazole rings is 1. The first-order chi connectivity index (χ1) is 4.29. The Hall–Kier alpha value is -0.0936. The van der Waals surface area contributed by atoms with Crippen LogP contribution in [0.5, 0.6) is 0 Å². The van der Waals surface area contributed by atoms with E-state index in [1.165, 1.54) is 0 Å². The van der Waals surface area contributed by atoms with Gasteiger partial charge in [0.25, 0.3) is 0 Å². The molecule has 10 heavy (non-hydrogen) atoms. The van der Waals surface area contributed by atoms with Gasteiger partial charge in [-0.3, -0.25) is 0 Å². The summed E-state index contributed by atoms with van der Waals surface area (Å²) in [5.41, 5.74) is 1.69. The molecule has 49 valence electrons. The number of nitrogens with zero attached hydrogens (tertiary/aromatic N) is 4. The number of nitrogens with one attached hydrogen (secondary N) is 2. The zero-order valence-corrected chi connectivity index (χ0v) is 8.23. The molecule has 0 unspecified atom stereocenters. The Morgan fingerprint density at radius 1 is 1.70 bits per heavy atom. The summed E-state index contributed by atoms with van der Waals surface area (Å²) >= 11 is 0. The molecule has 1 aromatic rings. The molecule has 1 aromatic heterocycles. The summed E-state index contributed by atoms with van der Waals surface area (Å²) < 4.78 is 0. The van der Waals surface area contributed by atoms with Gasteiger partial charge >= 0.3 is 5.95 Å². The minimum atomic E-state index is -0.773. The monoisotopic (exact) mass is 169 g/mol. The van der Waals surface area contributed by atoms with Crippen LogP contribution in [-0.2, 0) is 0 Å². The fourth-order valence-corrected chi connectivity index (χ4v) is 0.291. The van der Waals surface area contributed by atoms with Crippen LogP contribution in [0.4, 0.5) is 5.95 Å². The summed E-state index contributed by atoms with van der Waals surface area (Å²) in [4.78, 5) is 9.64. The molecule has 0 aliphatic heterocycles. The molecule has 0 aliphatic carbocycles. The molecule has 0 atom stereocenters. The standard InChI is InChI=1S/CH2N6O2.K/c8-7(9)4-1-2-5-6-3-1;/h(H2,2,3,4,5,6);. The first-order valence-electron chi connectivity index (χ1n) is 1.93. The average molecular weight is 169 g/mol. The van der Waals surface area contributed by atoms with Crippen molar-refractivity contribution in [1.29, 1.82) is 0 Å². The molecule has 0 amide bonds. The minimum Gasteiger partial charge on any atom is -0.234 e. The molecule has 8 nitrogen and oxygen atoms in total. The second-order valence-electron chi connectivity index (χ2n) is 1.10. The van der Waals surface area contributed by atoms with Gasteiger partial charge in [-0.05, 0) is 5.21 Å². The molecule has 1 radical (unpaired) electrons. The predicted molar refractivity (Wildman–Crippen MR) is 30.5 cm³/mol. The van der Waals surface area contributed by atoms with Gasteiger partial charge < -0.3 is 0 Å². The van der Waals surface area contributed by atoms with E-state index >= 15 is 0 Å². The van der Waals surface area contributed by atoms with Crippen LogP contribution in [0.25, 0.3) is 0 Å². The van der Waals surface area contributed by atoms with Crippen LogP contribution in [0.15, 0.2) is 0 Å². The molecular weight excluding hydrogens is 167 g/mol. The first-order valence-corrected chi connectivity index (χ1v) is 1.93. The van der Waals surface area contributed by atoms with E-state index in [0.29, 0.717) is 0 Å². The van der Waals surface area contributed by atoms with Crippen molar-refractivity contribution in [3.63, 3.8) is 0 Å². The van der Waals surface area contributed by atoms with Crippen molar-refractivity contribution >= 4 is 57.3 Å². The Morgan fingerprint density at radius 2 is 2.40 bits per heavy atom. The summed E-state index contributed by atoms with van der Waals surface area (Å²) in [5, 5.41) is 20.5. The molecule has 0 saturated heterocycles. The molecule has 2 N–H and O–H groups in total. The zero-order valence-electron chi connectivity index (χ0n) is 5.11. The summed E-state index contributed by atoms with van der Waals surface area (Å²) in [5.74, 6) is -0.153. The van der Waals surface area contributed by atoms with E-state index in [0.717, 1.165) is 0 Å². The average Bonchev–Trinajstić information content (AvgIpc) is 2.15. The number of hydrogen-bond donors (Lipinski definition) is 2. The maximum absolute atomic E-state index is 9.64. The molecule has 0 aromatic carbocycles. The van der Waals surface area contributed by atoms with E-state index in [9.17, 15) is 10.1 Å². The van der Waals surface area contributed by atoms with Gasteiger partial charge in [-0.2, -0.15) is 5.21 Å². The Morgan fingerprint density at radius 3 is 2.80 bits per heavy atom. The molecule has 0 saturated carbocycles. The van der Waals surface area contributed by atoms with Gasteiger partial charge in [0.15, 0.2) is 5.03 Å². The van der Waals surface area contributed by atoms with Gasteiger partial charge in [0.1, 0.15) is 0 Å². The molecular formula is CH2KN6O2. The van der Waals surface area contributed by atoms with Gasteiger partial charge in [-0.15, -0.1) is 5.10 Å². The van der Waals surface area contributed by atoms with Crippen LogP contribution in [0, 0.1) is 10.1 Å². The molecule has 0 fully saturated rings. The van der Waals surface area contributed by atoms with Gasteiger partial charge in [0.2, 0.25) is 0 Å². The van der Waals surface area contributed by atoms with E-state index in [1.54, 1.807) is 5.43 Å². The Balaban J connectivity index is 0.000000810. The van der Waals surface area contributed by atoms with Crippen LogP contribution in [0.2, 0.25) is 0 Å². The van der Waals surface area contributed by atoms with Crippen LogP contribution < -0.4 is 5.43 Å². The molecule has 1 rings (SSSR count). The van der Waals surface area contributed by atoms with E-state index < -0.39 is 5.03 Å². The molecule has 0 bridgehead atoms. The maximum atomic E-state index is 9.64. The van der Waals surface area contributed by atoms with E-state index in [4.69, 9.17) is 0 Å². The van der Waals surface area contributed by atoms with Crippen LogP contribution in [0.1, 0.15) is 0 Å². The van der Waals surface area contributed by atoms with Crippen molar-refractivity contribution < 1.29 is 5.03 Å². The summed E-state index contributed by atoms with van der Waals surface area (Å²) in [6.45, 7) is 0. The minimum absolute atomic E-state index is 0. The van der Waals surface area contributed by atoms with Crippen LogP contribution >= 0.6 is 0 Å². The topological polar surface area (TPSA) is 110 Å². The van der Waals surface area contributed by atoms with Gasteiger partial charge in [-0.25, -0.2) is 10.1 Å². The quantitative estimate of drug-likeness (QED) is 0.314. The summed E-state index contributed by atoms with van der Waals surface area (Å²) in [6, 6.07) is 0. The van der Waals surface area contributed by atoms with E-state index in [-0.39, 0.29) is 57.3 Å². The predicted octanol–water partition coefficient (Wildman–Crippen LogP) is -1.58. The molecule has 0 spiro atoms. The summed E-state index contributed by atoms with van der Waals surface area (Å²) in [6.07, 6.45) is 0. The molecule has 0 aliphatic rings. The van der Waals surface area contributed by atoms with Crippen molar-refractivity contribution in [1.82, 2.24) is 20.6 Å². The number of hydrogen-bond acceptors (Lipinski definition) is 5. The number of nitro groups is 1. The Labute approximate surface area is 97.3 Å². The number of aromatic nitrogens is 4. The maximum Gasteiger partial charge on any atom is 0.323 e. The zero-order chi connectivity index (χ0) is 6.69. The third-order valence-electron chi connectivity index (χ3n) is 0.537. The smallest absolute Gasteiger partial charge is 0.234 e. The molecule has 9 heteroatoms. The number of hydrazine groups is 1. The van der Waals surface area contributed by atoms with Crippen molar-refractivity contribution in [2.24, 2.45) is 0 Å². The number of aromatic amines is 1. The third-order valence-corrected chi connectivity index (χ3v) is 0.537.